The quantitative estimate of drug-likeness (QED) is 0.611. The summed E-state index contributed by atoms with van der Waals surface area (Å²) in [6.45, 7) is 2.60. The molecule has 0 aliphatic rings. The zero-order valence-corrected chi connectivity index (χ0v) is 15.2. The molecule has 1 aromatic heterocycles. The first-order chi connectivity index (χ1) is 12.8. The molecular weight excluding hydrogens is 373 g/mol. The van der Waals surface area contributed by atoms with Crippen LogP contribution in [0.2, 0.25) is 0 Å². The van der Waals surface area contributed by atoms with Crippen molar-refractivity contribution in [2.24, 2.45) is 0 Å². The molecule has 0 spiro atoms. The minimum Gasteiger partial charge on any atom is -0.332 e. The van der Waals surface area contributed by atoms with E-state index in [0.29, 0.717) is 12.2 Å². The lowest BCUT2D eigenvalue weighted by Crippen LogP contribution is -2.21. The molecule has 140 valence electrons. The van der Waals surface area contributed by atoms with E-state index >= 15 is 0 Å². The second-order valence-electron chi connectivity index (χ2n) is 6.03. The highest BCUT2D eigenvalue weighted by Gasteiger charge is 2.33. The van der Waals surface area contributed by atoms with Gasteiger partial charge in [-0.1, -0.05) is 42.0 Å². The smallest absolute Gasteiger partial charge is 0.332 e. The first-order valence-electron chi connectivity index (χ1n) is 8.13. The first-order valence-corrected chi connectivity index (χ1v) is 8.54. The summed E-state index contributed by atoms with van der Waals surface area (Å²) in [5.41, 5.74) is 1.98. The molecule has 0 saturated heterocycles. The number of benzene rings is 2. The maximum Gasteiger partial charge on any atom is 0.418 e. The SMILES string of the molecule is Cc1ccc(Cn2cc(NC(=S)Nc3ccccc3C(F)(F)F)cn2)cc1. The monoisotopic (exact) mass is 390 g/mol. The normalized spacial score (nSPS) is 11.3. The van der Waals surface area contributed by atoms with Gasteiger partial charge in [0.05, 0.1) is 29.7 Å². The minimum atomic E-state index is -4.46. The van der Waals surface area contributed by atoms with Crippen LogP contribution in [0.3, 0.4) is 0 Å². The molecule has 0 saturated carbocycles. The molecule has 0 aliphatic carbocycles. The number of aryl methyl sites for hydroxylation is 1. The second kappa shape index (κ2) is 7.79. The zero-order valence-electron chi connectivity index (χ0n) is 14.4. The predicted octanol–water partition coefficient (Wildman–Crippen LogP) is 5.07. The van der Waals surface area contributed by atoms with Crippen molar-refractivity contribution < 1.29 is 13.2 Å². The Hall–Kier alpha value is -2.87. The van der Waals surface area contributed by atoms with Gasteiger partial charge in [-0.2, -0.15) is 18.3 Å². The summed E-state index contributed by atoms with van der Waals surface area (Å²) in [5, 5.41) is 9.74. The molecule has 0 fully saturated rings. The molecule has 8 heteroatoms. The highest BCUT2D eigenvalue weighted by Crippen LogP contribution is 2.34. The van der Waals surface area contributed by atoms with Crippen LogP contribution >= 0.6 is 12.2 Å². The van der Waals surface area contributed by atoms with E-state index in [0.717, 1.165) is 11.6 Å². The first kappa shape index (κ1) is 18.9. The Labute approximate surface area is 160 Å². The van der Waals surface area contributed by atoms with Crippen molar-refractivity contribution in [3.8, 4) is 0 Å². The molecule has 3 rings (SSSR count). The van der Waals surface area contributed by atoms with Gasteiger partial charge in [-0.15, -0.1) is 0 Å². The van der Waals surface area contributed by atoms with Crippen molar-refractivity contribution in [2.75, 3.05) is 10.6 Å². The van der Waals surface area contributed by atoms with E-state index in [1.807, 2.05) is 31.2 Å². The summed E-state index contributed by atoms with van der Waals surface area (Å²) in [6, 6.07) is 13.3. The number of nitrogens with one attached hydrogen (secondary N) is 2. The molecule has 3 aromatic rings. The summed E-state index contributed by atoms with van der Waals surface area (Å²) < 4.78 is 40.9. The van der Waals surface area contributed by atoms with E-state index in [1.54, 1.807) is 17.1 Å². The van der Waals surface area contributed by atoms with E-state index in [1.165, 1.54) is 23.8 Å². The number of hydrogen-bond donors (Lipinski definition) is 2. The van der Waals surface area contributed by atoms with Gasteiger partial charge >= 0.3 is 6.18 Å². The Morgan fingerprint density at radius 3 is 2.48 bits per heavy atom. The fourth-order valence-corrected chi connectivity index (χ4v) is 2.75. The molecule has 27 heavy (non-hydrogen) atoms. The van der Waals surface area contributed by atoms with E-state index < -0.39 is 11.7 Å². The summed E-state index contributed by atoms with van der Waals surface area (Å²) >= 11 is 5.13. The summed E-state index contributed by atoms with van der Waals surface area (Å²) in [6.07, 6.45) is -1.15. The number of rotatable bonds is 4. The zero-order chi connectivity index (χ0) is 19.4. The van der Waals surface area contributed by atoms with E-state index in [-0.39, 0.29) is 10.8 Å². The van der Waals surface area contributed by atoms with Crippen LogP contribution in [-0.4, -0.2) is 14.9 Å². The molecule has 2 aromatic carbocycles. The predicted molar refractivity (Wildman–Crippen MR) is 104 cm³/mol. The van der Waals surface area contributed by atoms with E-state index in [2.05, 4.69) is 15.7 Å². The van der Waals surface area contributed by atoms with Gasteiger partial charge in [0.15, 0.2) is 5.11 Å². The van der Waals surface area contributed by atoms with Crippen LogP contribution in [0, 0.1) is 6.92 Å². The van der Waals surface area contributed by atoms with E-state index in [9.17, 15) is 13.2 Å². The number of aromatic nitrogens is 2. The molecule has 2 N–H and O–H groups in total. The number of thiocarbonyl (C=S) groups is 1. The average Bonchev–Trinajstić information content (AvgIpc) is 3.03. The molecule has 0 aliphatic heterocycles. The highest BCUT2D eigenvalue weighted by atomic mass is 32.1. The number of halogens is 3. The molecule has 4 nitrogen and oxygen atoms in total. The number of para-hydroxylation sites is 1. The van der Waals surface area contributed by atoms with Gasteiger partial charge in [0.1, 0.15) is 0 Å². The fourth-order valence-electron chi connectivity index (χ4n) is 2.52. The van der Waals surface area contributed by atoms with Crippen molar-refractivity contribution >= 4 is 28.7 Å². The Bertz CT molecular complexity index is 933. The Balaban J connectivity index is 1.64. The standard InChI is InChI=1S/C19H17F3N4S/c1-13-6-8-14(9-7-13)11-26-12-15(10-23-26)24-18(27)25-17-5-3-2-4-16(17)19(20,21)22/h2-10,12H,11H2,1H3,(H2,24,25,27). The van der Waals surface area contributed by atoms with Gasteiger partial charge in [-0.25, -0.2) is 0 Å². The third-order valence-corrected chi connectivity index (χ3v) is 4.04. The number of hydrogen-bond acceptors (Lipinski definition) is 2. The highest BCUT2D eigenvalue weighted by molar-refractivity contribution is 7.80. The summed E-state index contributed by atoms with van der Waals surface area (Å²) in [5.74, 6) is 0. The molecule has 0 radical (unpaired) electrons. The van der Waals surface area contributed by atoms with Gasteiger partial charge in [-0.3, -0.25) is 4.68 Å². The van der Waals surface area contributed by atoms with Crippen LogP contribution < -0.4 is 10.6 Å². The second-order valence-corrected chi connectivity index (χ2v) is 6.44. The van der Waals surface area contributed by atoms with Gasteiger partial charge in [0, 0.05) is 6.20 Å². The van der Waals surface area contributed by atoms with Gasteiger partial charge in [-0.05, 0) is 36.8 Å². The average molecular weight is 390 g/mol. The van der Waals surface area contributed by atoms with Crippen LogP contribution in [0.15, 0.2) is 60.9 Å². The van der Waals surface area contributed by atoms with Crippen LogP contribution in [0.1, 0.15) is 16.7 Å². The molecule has 0 unspecified atom stereocenters. The third-order valence-electron chi connectivity index (χ3n) is 3.84. The van der Waals surface area contributed by atoms with Crippen molar-refractivity contribution in [1.82, 2.24) is 9.78 Å². The fraction of sp³-hybridized carbons (Fsp3) is 0.158. The van der Waals surface area contributed by atoms with Crippen molar-refractivity contribution in [2.45, 2.75) is 19.6 Å². The van der Waals surface area contributed by atoms with Crippen molar-refractivity contribution in [3.05, 3.63) is 77.6 Å². The summed E-state index contributed by atoms with van der Waals surface area (Å²) in [4.78, 5) is 0. The lowest BCUT2D eigenvalue weighted by atomic mass is 10.1. The lowest BCUT2D eigenvalue weighted by Gasteiger charge is -2.15. The van der Waals surface area contributed by atoms with Crippen molar-refractivity contribution in [1.29, 1.82) is 0 Å². The maximum absolute atomic E-state index is 13.0. The van der Waals surface area contributed by atoms with Crippen LogP contribution in [0.4, 0.5) is 24.5 Å². The van der Waals surface area contributed by atoms with Crippen LogP contribution in [0.5, 0.6) is 0 Å². The van der Waals surface area contributed by atoms with Crippen molar-refractivity contribution in [3.63, 3.8) is 0 Å². The molecule has 0 bridgehead atoms. The molecule has 0 atom stereocenters. The third kappa shape index (κ3) is 5.07. The number of alkyl halides is 3. The summed E-state index contributed by atoms with van der Waals surface area (Å²) in [7, 11) is 0. The number of anilines is 2. The van der Waals surface area contributed by atoms with Gasteiger partial charge in [0.25, 0.3) is 0 Å². The topological polar surface area (TPSA) is 41.9 Å². The molecular formula is C19H17F3N4S. The van der Waals surface area contributed by atoms with Crippen LogP contribution in [-0.2, 0) is 12.7 Å². The van der Waals surface area contributed by atoms with Gasteiger partial charge in [0.2, 0.25) is 0 Å². The van der Waals surface area contributed by atoms with Gasteiger partial charge < -0.3 is 10.6 Å². The Morgan fingerprint density at radius 1 is 1.07 bits per heavy atom. The molecule has 1 heterocycles. The van der Waals surface area contributed by atoms with Crippen LogP contribution in [0.25, 0.3) is 0 Å². The van der Waals surface area contributed by atoms with E-state index in [4.69, 9.17) is 12.2 Å². The lowest BCUT2D eigenvalue weighted by molar-refractivity contribution is -0.136. The maximum atomic E-state index is 13.0. The molecule has 0 amide bonds. The largest absolute Gasteiger partial charge is 0.418 e. The number of nitrogens with zero attached hydrogens (tertiary/aromatic N) is 2. The Kier molecular flexibility index (Phi) is 5.46. The Morgan fingerprint density at radius 2 is 1.78 bits per heavy atom. The minimum absolute atomic E-state index is 0.0570.